The Kier molecular flexibility index (Phi) is 13.5. The molecule has 3 amide bonds. The van der Waals surface area contributed by atoms with Crippen LogP contribution < -0.4 is 17.2 Å². The third-order valence-corrected chi connectivity index (χ3v) is 12.4. The van der Waals surface area contributed by atoms with E-state index >= 15 is 0 Å². The highest BCUT2D eigenvalue weighted by molar-refractivity contribution is 6.30. The average Bonchev–Trinajstić information content (AvgIpc) is 3.81. The second kappa shape index (κ2) is 18.9. The maximum absolute atomic E-state index is 14.1. The Balaban J connectivity index is 0.000000155. The lowest BCUT2D eigenvalue weighted by molar-refractivity contribution is -0.137. The number of amides is 3. The largest absolute Gasteiger partial charge is 0.416 e. The van der Waals surface area contributed by atoms with Crippen LogP contribution in [0.4, 0.5) is 35.1 Å². The molecule has 0 fully saturated rings. The van der Waals surface area contributed by atoms with Crippen molar-refractivity contribution in [2.45, 2.75) is 26.9 Å². The number of halogens is 9. The molecule has 0 aliphatic rings. The number of carbonyl (C=O) groups excluding carboxylic acids is 3. The summed E-state index contributed by atoms with van der Waals surface area (Å²) in [5, 5.41) is 2.28. The Bertz CT molecular complexity index is 3590. The molecular formula is C52H41ClF8N6O3. The lowest BCUT2D eigenvalue weighted by Gasteiger charge is -2.10. The molecule has 0 radical (unpaired) electrons. The molecule has 9 aromatic rings. The lowest BCUT2D eigenvalue weighted by atomic mass is 10.00. The molecule has 6 N–H and O–H groups in total. The predicted molar refractivity (Wildman–Crippen MR) is 255 cm³/mol. The zero-order chi connectivity index (χ0) is 51.4. The van der Waals surface area contributed by atoms with Gasteiger partial charge in [-0.15, -0.1) is 0 Å². The summed E-state index contributed by atoms with van der Waals surface area (Å²) in [5.74, 6) is -5.29. The van der Waals surface area contributed by atoms with Crippen LogP contribution in [-0.4, -0.2) is 31.4 Å². The van der Waals surface area contributed by atoms with Crippen molar-refractivity contribution in [3.63, 3.8) is 0 Å². The molecule has 18 heteroatoms. The van der Waals surface area contributed by atoms with Gasteiger partial charge in [-0.2, -0.15) is 13.2 Å². The van der Waals surface area contributed by atoms with Crippen LogP contribution in [0.5, 0.6) is 0 Å². The number of rotatable bonds is 6. The highest BCUT2D eigenvalue weighted by Gasteiger charge is 2.30. The maximum atomic E-state index is 14.1. The van der Waals surface area contributed by atoms with Crippen molar-refractivity contribution in [3.05, 3.63) is 177 Å². The molecule has 0 atom stereocenters. The van der Waals surface area contributed by atoms with E-state index < -0.39 is 52.7 Å². The van der Waals surface area contributed by atoms with E-state index in [4.69, 9.17) is 28.8 Å². The summed E-state index contributed by atoms with van der Waals surface area (Å²) < 4.78 is 112. The van der Waals surface area contributed by atoms with Crippen molar-refractivity contribution in [1.29, 1.82) is 0 Å². The number of aromatic nitrogens is 3. The van der Waals surface area contributed by atoms with Crippen LogP contribution in [0, 0.1) is 49.9 Å². The molecule has 0 unspecified atom stereocenters. The van der Waals surface area contributed by atoms with Crippen LogP contribution in [0.3, 0.4) is 0 Å². The third-order valence-electron chi connectivity index (χ3n) is 12.1. The van der Waals surface area contributed by atoms with Gasteiger partial charge in [-0.3, -0.25) is 14.4 Å². The van der Waals surface area contributed by atoms with Crippen LogP contribution in [0.25, 0.3) is 66.1 Å². The minimum absolute atomic E-state index is 0.230. The Morgan fingerprint density at radius 2 is 0.771 bits per heavy atom. The highest BCUT2D eigenvalue weighted by atomic mass is 35.5. The first-order valence-corrected chi connectivity index (χ1v) is 21.3. The number of fused-ring (bicyclic) bond motifs is 3. The van der Waals surface area contributed by atoms with Gasteiger partial charge >= 0.3 is 6.18 Å². The average molecular weight is 985 g/mol. The molecule has 9 rings (SSSR count). The number of hydrogen-bond acceptors (Lipinski definition) is 3. The van der Waals surface area contributed by atoms with Gasteiger partial charge in [-0.25, -0.2) is 22.0 Å². The molecule has 0 aliphatic carbocycles. The Labute approximate surface area is 399 Å². The molecule has 0 saturated carbocycles. The summed E-state index contributed by atoms with van der Waals surface area (Å²) in [5.41, 5.74) is 22.9. The van der Waals surface area contributed by atoms with Crippen molar-refractivity contribution >= 4 is 62.0 Å². The number of aryl methyl sites for hydroxylation is 6. The fraction of sp³-hybridized carbons (Fsp3) is 0.135. The summed E-state index contributed by atoms with van der Waals surface area (Å²) in [7, 11) is 4.99. The normalized spacial score (nSPS) is 11.4. The van der Waals surface area contributed by atoms with Gasteiger partial charge < -0.3 is 30.9 Å². The number of hydrogen-bond donors (Lipinski definition) is 3. The van der Waals surface area contributed by atoms with E-state index in [1.165, 1.54) is 54.6 Å². The fourth-order valence-electron chi connectivity index (χ4n) is 9.05. The van der Waals surface area contributed by atoms with Gasteiger partial charge in [0.05, 0.1) is 22.1 Å². The minimum Gasteiger partial charge on any atom is -0.364 e. The number of benzene rings is 6. The summed E-state index contributed by atoms with van der Waals surface area (Å²) in [4.78, 5) is 35.0. The van der Waals surface area contributed by atoms with Crippen LogP contribution in [-0.2, 0) is 27.3 Å². The highest BCUT2D eigenvalue weighted by Crippen LogP contribution is 2.39. The first-order chi connectivity index (χ1) is 32.8. The van der Waals surface area contributed by atoms with Crippen molar-refractivity contribution in [3.8, 4) is 33.4 Å². The lowest BCUT2D eigenvalue weighted by Crippen LogP contribution is -2.16. The SMILES string of the molecule is Cc1c(C(N)=O)n(C)c2c(-c3ccc(C(F)(F)F)cc3)cc(F)cc12.Cc1c(C(N)=O)n(C)c2c(-c3ccc(Cl)cc3)cc(F)cc12.Cc1c(C(N)=O)n(C)c2c(-c3ccc(F)c(F)c3)cc(F)cc12. The van der Waals surface area contributed by atoms with E-state index in [0.29, 0.717) is 82.4 Å². The standard InChI is InChI=1S/C18H14F4N2O.C17H14ClFN2O.C17H13F3N2O/c1-9-13-7-12(19)8-14(16(13)24(2)15(9)17(23)25)10-3-5-11(6-4-10)18(20,21)22;1-9-13-7-12(19)8-14(10-3-5-11(18)6-4-10)16(13)21(2)15(9)17(20)22;1-8-11-6-10(18)7-12(9-3-4-13(19)14(20)5-9)16(11)22(2)15(8)17(21)23/h3-8H,1-2H3,(H2,23,25);3-8H,1-2H3,(H2,20,22);3-7H,1-2H3,(H2,21,23). The molecule has 360 valence electrons. The number of alkyl halides is 3. The van der Waals surface area contributed by atoms with Gasteiger partial charge in [0.1, 0.15) is 34.5 Å². The van der Waals surface area contributed by atoms with E-state index in [2.05, 4.69) is 0 Å². The van der Waals surface area contributed by atoms with Gasteiger partial charge in [0.2, 0.25) is 0 Å². The van der Waals surface area contributed by atoms with Gasteiger partial charge in [0.15, 0.2) is 11.6 Å². The summed E-state index contributed by atoms with van der Waals surface area (Å²) in [6.45, 7) is 5.09. The Morgan fingerprint density at radius 1 is 0.457 bits per heavy atom. The molecule has 6 aromatic carbocycles. The summed E-state index contributed by atoms with van der Waals surface area (Å²) in [6.07, 6.45) is -4.45. The van der Waals surface area contributed by atoms with E-state index in [0.717, 1.165) is 35.3 Å². The molecule has 0 aliphatic heterocycles. The monoisotopic (exact) mass is 984 g/mol. The van der Waals surface area contributed by atoms with E-state index in [1.807, 2.05) is 12.1 Å². The topological polar surface area (TPSA) is 144 Å². The van der Waals surface area contributed by atoms with Crippen LogP contribution in [0.15, 0.2) is 103 Å². The smallest absolute Gasteiger partial charge is 0.364 e. The van der Waals surface area contributed by atoms with Crippen LogP contribution >= 0.6 is 11.6 Å². The fourth-order valence-corrected chi connectivity index (χ4v) is 9.18. The number of primary amides is 3. The molecule has 0 spiro atoms. The third kappa shape index (κ3) is 9.19. The van der Waals surface area contributed by atoms with Crippen LogP contribution in [0.2, 0.25) is 5.02 Å². The minimum atomic E-state index is -4.45. The molecule has 3 heterocycles. The molecule has 3 aromatic heterocycles. The van der Waals surface area contributed by atoms with Crippen molar-refractivity contribution < 1.29 is 49.5 Å². The summed E-state index contributed by atoms with van der Waals surface area (Å²) in [6, 6.07) is 22.8. The number of nitrogens with two attached hydrogens (primary N) is 3. The molecule has 9 nitrogen and oxygen atoms in total. The van der Waals surface area contributed by atoms with Gasteiger partial charge in [0, 0.05) is 59.0 Å². The second-order valence-corrected chi connectivity index (χ2v) is 16.9. The quantitative estimate of drug-likeness (QED) is 0.143. The number of nitrogens with zero attached hydrogens (tertiary/aromatic N) is 3. The first-order valence-electron chi connectivity index (χ1n) is 21.0. The van der Waals surface area contributed by atoms with Crippen molar-refractivity contribution in [2.75, 3.05) is 0 Å². The molecular weight excluding hydrogens is 944 g/mol. The first kappa shape index (κ1) is 50.0. The van der Waals surface area contributed by atoms with Crippen molar-refractivity contribution in [1.82, 2.24) is 13.7 Å². The van der Waals surface area contributed by atoms with E-state index in [1.54, 1.807) is 67.7 Å². The molecule has 70 heavy (non-hydrogen) atoms. The molecule has 0 bridgehead atoms. The summed E-state index contributed by atoms with van der Waals surface area (Å²) >= 11 is 5.91. The van der Waals surface area contributed by atoms with E-state index in [-0.39, 0.29) is 17.2 Å². The Morgan fingerprint density at radius 3 is 1.09 bits per heavy atom. The maximum Gasteiger partial charge on any atom is 0.416 e. The van der Waals surface area contributed by atoms with Gasteiger partial charge in [-0.05, 0) is 127 Å². The zero-order valence-electron chi connectivity index (χ0n) is 38.0. The van der Waals surface area contributed by atoms with Gasteiger partial charge in [-0.1, -0.05) is 41.9 Å². The second-order valence-electron chi connectivity index (χ2n) is 16.5. The Hall–Kier alpha value is -7.92. The predicted octanol–water partition coefficient (Wildman–Crippen LogP) is 12.1. The molecule has 0 saturated heterocycles. The number of carbonyl (C=O) groups is 3. The zero-order valence-corrected chi connectivity index (χ0v) is 38.8. The van der Waals surface area contributed by atoms with E-state index in [9.17, 15) is 49.5 Å². The van der Waals surface area contributed by atoms with Crippen LogP contribution in [0.1, 0.15) is 53.7 Å². The van der Waals surface area contributed by atoms with Gasteiger partial charge in [0.25, 0.3) is 17.7 Å². The van der Waals surface area contributed by atoms with Crippen molar-refractivity contribution in [2.24, 2.45) is 38.3 Å².